The Morgan fingerprint density at radius 2 is 1.86 bits per heavy atom. The summed E-state index contributed by atoms with van der Waals surface area (Å²) >= 11 is -0.896. The first-order valence-electron chi connectivity index (χ1n) is 7.83. The number of carboxylic acids is 1. The molecule has 10 nitrogen and oxygen atoms in total. The zero-order chi connectivity index (χ0) is 21.0. The van der Waals surface area contributed by atoms with Crippen LogP contribution in [0.15, 0.2) is 18.2 Å². The number of carboxylic acid groups (broad SMARTS) is 1. The van der Waals surface area contributed by atoms with Gasteiger partial charge in [-0.2, -0.15) is 0 Å². The van der Waals surface area contributed by atoms with Crippen LogP contribution in [-0.2, 0) is 20.9 Å². The fraction of sp³-hybridized carbons (Fsp3) is 0.438. The van der Waals surface area contributed by atoms with Crippen LogP contribution in [0.2, 0.25) is 0 Å². The van der Waals surface area contributed by atoms with Crippen LogP contribution in [-0.4, -0.2) is 79.5 Å². The van der Waals surface area contributed by atoms with Gasteiger partial charge in [0, 0.05) is 0 Å². The molecule has 1 aliphatic rings. The van der Waals surface area contributed by atoms with E-state index in [1.807, 2.05) is 0 Å². The average molecular weight is 507 g/mol. The second kappa shape index (κ2) is 9.65. The van der Waals surface area contributed by atoms with Gasteiger partial charge in [0.1, 0.15) is 0 Å². The molecule has 0 saturated carbocycles. The van der Waals surface area contributed by atoms with Crippen molar-refractivity contribution in [1.29, 1.82) is 0 Å². The number of carbonyl (C=O) groups is 3. The SMILES string of the molecule is [B]C(=O)OCc1ccc(O[C@@H]2O[C@H](C(=O)O)[C@@H](O)[C@H](O)[C@H]2O)c(C(=O)[I-]C)c1. The zero-order valence-electron chi connectivity index (χ0n) is 14.5. The molecule has 1 aromatic rings. The molecule has 0 amide bonds. The molecule has 1 aromatic carbocycles. The molecule has 152 valence electrons. The van der Waals surface area contributed by atoms with E-state index in [9.17, 15) is 29.7 Å². The number of ether oxygens (including phenoxy) is 3. The fourth-order valence-corrected chi connectivity index (χ4v) is 3.46. The third kappa shape index (κ3) is 5.20. The van der Waals surface area contributed by atoms with E-state index >= 15 is 0 Å². The number of aliphatic hydroxyl groups excluding tert-OH is 3. The van der Waals surface area contributed by atoms with Crippen molar-refractivity contribution >= 4 is 23.5 Å². The van der Waals surface area contributed by atoms with Crippen molar-refractivity contribution in [3.63, 3.8) is 0 Å². The summed E-state index contributed by atoms with van der Waals surface area (Å²) in [5, 5.41) is 38.7. The summed E-state index contributed by atoms with van der Waals surface area (Å²) in [6.45, 7) is -0.174. The Kier molecular flexibility index (Phi) is 7.77. The standard InChI is InChI=1S/C16H17BIO10/c1-18-13(22)7-4-6(5-26-16(17)25)2-3-8(7)27-15-11(21)9(19)10(20)12(28-15)14(23)24/h2-4,9-12,15,19-21H,5H2,1H3,(H,23,24)/q-1/t9-,10-,11+,12-,15+/m0/s1. The van der Waals surface area contributed by atoms with E-state index in [-0.39, 0.29) is 21.7 Å². The van der Waals surface area contributed by atoms with Crippen molar-refractivity contribution < 1.29 is 70.2 Å². The molecule has 0 bridgehead atoms. The van der Waals surface area contributed by atoms with E-state index in [0.29, 0.717) is 5.56 Å². The molecule has 0 aliphatic carbocycles. The Morgan fingerprint density at radius 3 is 2.43 bits per heavy atom. The van der Waals surface area contributed by atoms with Crippen LogP contribution in [0.4, 0.5) is 4.79 Å². The van der Waals surface area contributed by atoms with E-state index in [0.717, 1.165) is 0 Å². The molecule has 5 atom stereocenters. The number of alkyl halides is 1. The first-order chi connectivity index (χ1) is 13.1. The molecule has 1 saturated heterocycles. The molecule has 0 spiro atoms. The van der Waals surface area contributed by atoms with Gasteiger partial charge in [0.15, 0.2) is 0 Å². The molecule has 1 heterocycles. The second-order valence-corrected chi connectivity index (χ2v) is 7.81. The van der Waals surface area contributed by atoms with Crippen molar-refractivity contribution in [2.45, 2.75) is 37.3 Å². The van der Waals surface area contributed by atoms with Gasteiger partial charge in [0.2, 0.25) is 0 Å². The predicted octanol–water partition coefficient (Wildman–Crippen LogP) is -4.38. The van der Waals surface area contributed by atoms with Gasteiger partial charge < -0.3 is 0 Å². The molecule has 0 aromatic heterocycles. The third-order valence-corrected chi connectivity index (χ3v) is 5.43. The van der Waals surface area contributed by atoms with Gasteiger partial charge in [-0.05, 0) is 0 Å². The Hall–Kier alpha value is -1.74. The van der Waals surface area contributed by atoms with Gasteiger partial charge >= 0.3 is 171 Å². The molecule has 12 heteroatoms. The summed E-state index contributed by atoms with van der Waals surface area (Å²) < 4.78 is 14.9. The van der Waals surface area contributed by atoms with Crippen LogP contribution >= 0.6 is 0 Å². The Bertz CT molecular complexity index is 757. The molecule has 28 heavy (non-hydrogen) atoms. The number of hydrogen-bond donors (Lipinski definition) is 4. The maximum absolute atomic E-state index is 12.3. The number of benzene rings is 1. The Labute approximate surface area is 171 Å². The van der Waals surface area contributed by atoms with E-state index < -0.39 is 63.7 Å². The number of hydrogen-bond acceptors (Lipinski definition) is 9. The Morgan fingerprint density at radius 1 is 1.18 bits per heavy atom. The summed E-state index contributed by atoms with van der Waals surface area (Å²) in [7, 11) is 4.91. The topological polar surface area (TPSA) is 160 Å². The molecule has 0 unspecified atom stereocenters. The quantitative estimate of drug-likeness (QED) is 0.123. The average Bonchev–Trinajstić information content (AvgIpc) is 2.66. The van der Waals surface area contributed by atoms with Crippen molar-refractivity contribution in [3.8, 4) is 5.75 Å². The molecule has 4 N–H and O–H groups in total. The van der Waals surface area contributed by atoms with Crippen molar-refractivity contribution in [2.24, 2.45) is 0 Å². The van der Waals surface area contributed by atoms with Crippen LogP contribution in [0.5, 0.6) is 5.75 Å². The fourth-order valence-electron chi connectivity index (χ4n) is 2.45. The monoisotopic (exact) mass is 507 g/mol. The van der Waals surface area contributed by atoms with Crippen LogP contribution in [0.3, 0.4) is 0 Å². The molecule has 1 fully saturated rings. The van der Waals surface area contributed by atoms with Crippen molar-refractivity contribution in [2.75, 3.05) is 4.93 Å². The number of aliphatic carboxylic acids is 1. The third-order valence-electron chi connectivity index (χ3n) is 3.86. The van der Waals surface area contributed by atoms with Crippen LogP contribution in [0.1, 0.15) is 15.9 Å². The minimum absolute atomic E-state index is 0.0221. The summed E-state index contributed by atoms with van der Waals surface area (Å²) in [5.74, 6) is -2.56. The molecule has 1 aliphatic heterocycles. The first-order valence-corrected chi connectivity index (χ1v) is 11.1. The van der Waals surface area contributed by atoms with Crippen LogP contribution in [0.25, 0.3) is 0 Å². The van der Waals surface area contributed by atoms with E-state index in [2.05, 4.69) is 4.74 Å². The summed E-state index contributed by atoms with van der Waals surface area (Å²) in [5.41, 5.74) is 0.570. The van der Waals surface area contributed by atoms with Crippen molar-refractivity contribution in [3.05, 3.63) is 29.3 Å². The zero-order valence-corrected chi connectivity index (χ0v) is 16.7. The Balaban J connectivity index is 2.29. The van der Waals surface area contributed by atoms with Crippen LogP contribution in [0, 0.1) is 0 Å². The predicted molar refractivity (Wildman–Crippen MR) is 87.6 cm³/mol. The van der Waals surface area contributed by atoms with Gasteiger partial charge in [-0.15, -0.1) is 0 Å². The van der Waals surface area contributed by atoms with Gasteiger partial charge in [0.05, 0.1) is 0 Å². The number of halogens is 1. The molecular weight excluding hydrogens is 490 g/mol. The van der Waals surface area contributed by atoms with Gasteiger partial charge in [-0.1, -0.05) is 0 Å². The second-order valence-electron chi connectivity index (χ2n) is 5.75. The van der Waals surface area contributed by atoms with Gasteiger partial charge in [0.25, 0.3) is 0 Å². The van der Waals surface area contributed by atoms with Gasteiger partial charge in [-0.25, -0.2) is 0 Å². The number of carbonyl (C=O) groups excluding carboxylic acids is 2. The molecular formula is C16H17BIO10-. The minimum atomic E-state index is -1.86. The number of aliphatic hydroxyl groups is 3. The molecule has 2 radical (unpaired) electrons. The molecule has 2 rings (SSSR count). The normalized spacial score (nSPS) is 27.2. The number of rotatable bonds is 7. The maximum atomic E-state index is 12.3. The summed E-state index contributed by atoms with van der Waals surface area (Å²) in [4.78, 5) is 35.9. The van der Waals surface area contributed by atoms with E-state index in [1.165, 1.54) is 18.2 Å². The summed E-state index contributed by atoms with van der Waals surface area (Å²) in [6.07, 6.45) is -8.93. The van der Waals surface area contributed by atoms with E-state index in [1.54, 1.807) is 4.93 Å². The van der Waals surface area contributed by atoms with Gasteiger partial charge in [-0.3, -0.25) is 0 Å². The van der Waals surface area contributed by atoms with E-state index in [4.69, 9.17) is 22.4 Å². The van der Waals surface area contributed by atoms with Crippen LogP contribution < -0.4 is 25.9 Å². The first kappa shape index (κ1) is 22.6. The van der Waals surface area contributed by atoms with Crippen molar-refractivity contribution in [1.82, 2.24) is 0 Å². The summed E-state index contributed by atoms with van der Waals surface area (Å²) in [6, 6.07) is 4.24.